The van der Waals surface area contributed by atoms with Crippen LogP contribution in [0.25, 0.3) is 0 Å². The lowest BCUT2D eigenvalue weighted by atomic mass is 9.97. The highest BCUT2D eigenvalue weighted by molar-refractivity contribution is 5.91. The number of nitrogens with one attached hydrogen (secondary N) is 2. The molecule has 0 bridgehead atoms. The van der Waals surface area contributed by atoms with Gasteiger partial charge in [0.1, 0.15) is 5.56 Å². The Hall–Kier alpha value is -2.37. The maximum atomic E-state index is 11.9. The fraction of sp³-hybridized carbons (Fsp3) is 0.471. The first kappa shape index (κ1) is 17.0. The van der Waals surface area contributed by atoms with E-state index < -0.39 is 17.6 Å². The third-order valence-electron chi connectivity index (χ3n) is 3.82. The van der Waals surface area contributed by atoms with Gasteiger partial charge in [0.05, 0.1) is 0 Å². The predicted octanol–water partition coefficient (Wildman–Crippen LogP) is 1.93. The van der Waals surface area contributed by atoms with E-state index in [4.69, 9.17) is 4.74 Å². The van der Waals surface area contributed by atoms with Gasteiger partial charge in [-0.15, -0.1) is 0 Å². The first-order chi connectivity index (χ1) is 11.1. The largest absolute Gasteiger partial charge is 0.449 e. The van der Waals surface area contributed by atoms with Crippen LogP contribution in [0.4, 0.5) is 0 Å². The Morgan fingerprint density at radius 1 is 1.39 bits per heavy atom. The summed E-state index contributed by atoms with van der Waals surface area (Å²) in [6.45, 7) is 2.02. The van der Waals surface area contributed by atoms with E-state index in [9.17, 15) is 14.4 Å². The molecule has 0 unspecified atom stereocenters. The number of amides is 1. The molecule has 124 valence electrons. The summed E-state index contributed by atoms with van der Waals surface area (Å²) >= 11 is 0. The highest BCUT2D eigenvalue weighted by Crippen LogP contribution is 2.19. The van der Waals surface area contributed by atoms with E-state index in [-0.39, 0.29) is 11.5 Å². The van der Waals surface area contributed by atoms with Crippen LogP contribution in [0.15, 0.2) is 34.8 Å². The maximum Gasteiger partial charge on any atom is 0.344 e. The molecule has 0 saturated carbocycles. The highest BCUT2D eigenvalue weighted by Gasteiger charge is 2.20. The molecule has 23 heavy (non-hydrogen) atoms. The number of aromatic nitrogens is 1. The predicted molar refractivity (Wildman–Crippen MR) is 86.1 cm³/mol. The molecule has 1 amide bonds. The normalized spacial score (nSPS) is 15.4. The Bertz CT molecular complexity index is 648. The lowest BCUT2D eigenvalue weighted by Gasteiger charge is -2.15. The number of hydrogen-bond donors (Lipinski definition) is 2. The molecule has 6 heteroatoms. The fourth-order valence-electron chi connectivity index (χ4n) is 2.48. The number of ether oxygens (including phenoxy) is 1. The van der Waals surface area contributed by atoms with Gasteiger partial charge in [0, 0.05) is 12.7 Å². The van der Waals surface area contributed by atoms with Crippen molar-refractivity contribution in [1.29, 1.82) is 0 Å². The van der Waals surface area contributed by atoms with Gasteiger partial charge in [0.25, 0.3) is 11.5 Å². The zero-order valence-corrected chi connectivity index (χ0v) is 13.3. The van der Waals surface area contributed by atoms with Gasteiger partial charge in [-0.25, -0.2) is 4.79 Å². The third-order valence-corrected chi connectivity index (χ3v) is 3.82. The van der Waals surface area contributed by atoms with E-state index >= 15 is 0 Å². The van der Waals surface area contributed by atoms with Crippen LogP contribution >= 0.6 is 0 Å². The van der Waals surface area contributed by atoms with Crippen molar-refractivity contribution in [2.75, 3.05) is 6.54 Å². The lowest BCUT2D eigenvalue weighted by molar-refractivity contribution is -0.129. The molecule has 0 spiro atoms. The van der Waals surface area contributed by atoms with E-state index in [0.29, 0.717) is 6.54 Å². The average Bonchev–Trinajstić information content (AvgIpc) is 2.56. The fourth-order valence-corrected chi connectivity index (χ4v) is 2.48. The third kappa shape index (κ3) is 5.09. The SMILES string of the molecule is C[C@H](OC(=O)c1ccc[nH]c1=O)C(=O)NCCC1=CCCCC1. The van der Waals surface area contributed by atoms with E-state index in [1.807, 2.05) is 0 Å². The van der Waals surface area contributed by atoms with Crippen molar-refractivity contribution in [3.05, 3.63) is 45.9 Å². The number of H-pyrrole nitrogens is 1. The smallest absolute Gasteiger partial charge is 0.344 e. The van der Waals surface area contributed by atoms with Gasteiger partial charge in [-0.05, 0) is 51.2 Å². The second-order valence-electron chi connectivity index (χ2n) is 5.61. The van der Waals surface area contributed by atoms with Gasteiger partial charge >= 0.3 is 5.97 Å². The van der Waals surface area contributed by atoms with E-state index in [2.05, 4.69) is 16.4 Å². The monoisotopic (exact) mass is 318 g/mol. The minimum Gasteiger partial charge on any atom is -0.449 e. The van der Waals surface area contributed by atoms with Crippen molar-refractivity contribution < 1.29 is 14.3 Å². The van der Waals surface area contributed by atoms with Crippen LogP contribution in [0.3, 0.4) is 0 Å². The Labute approximate surface area is 134 Å². The molecule has 6 nitrogen and oxygen atoms in total. The zero-order valence-electron chi connectivity index (χ0n) is 13.3. The molecule has 1 heterocycles. The summed E-state index contributed by atoms with van der Waals surface area (Å²) in [6.07, 6.45) is 8.20. The zero-order chi connectivity index (χ0) is 16.7. The second-order valence-corrected chi connectivity index (χ2v) is 5.61. The van der Waals surface area contributed by atoms with Crippen LogP contribution in [0.5, 0.6) is 0 Å². The first-order valence-electron chi connectivity index (χ1n) is 7.92. The van der Waals surface area contributed by atoms with Gasteiger partial charge in [0.15, 0.2) is 6.10 Å². The number of aromatic amines is 1. The highest BCUT2D eigenvalue weighted by atomic mass is 16.5. The molecule has 1 atom stereocenters. The van der Waals surface area contributed by atoms with Crippen LogP contribution < -0.4 is 10.9 Å². The number of esters is 1. The van der Waals surface area contributed by atoms with Crippen LogP contribution in [-0.4, -0.2) is 29.5 Å². The average molecular weight is 318 g/mol. The summed E-state index contributed by atoms with van der Waals surface area (Å²) in [5, 5.41) is 2.76. The molecular formula is C17H22N2O4. The van der Waals surface area contributed by atoms with Crippen molar-refractivity contribution in [3.63, 3.8) is 0 Å². The molecule has 0 radical (unpaired) electrons. The van der Waals surface area contributed by atoms with E-state index in [1.54, 1.807) is 0 Å². The molecule has 1 aromatic rings. The minimum atomic E-state index is -0.942. The topological polar surface area (TPSA) is 88.3 Å². The number of allylic oxidation sites excluding steroid dienone is 1. The standard InChI is InChI=1S/C17H22N2O4/c1-12(23-17(22)14-8-5-10-18-16(14)21)15(20)19-11-9-13-6-3-2-4-7-13/h5-6,8,10,12H,2-4,7,9,11H2,1H3,(H,18,21)(H,19,20)/t12-/m0/s1. The van der Waals surface area contributed by atoms with Crippen molar-refractivity contribution >= 4 is 11.9 Å². The van der Waals surface area contributed by atoms with Crippen LogP contribution in [0, 0.1) is 0 Å². The molecule has 2 N–H and O–H groups in total. The molecule has 0 aliphatic heterocycles. The minimum absolute atomic E-state index is 0.112. The summed E-state index contributed by atoms with van der Waals surface area (Å²) < 4.78 is 5.04. The first-order valence-corrected chi connectivity index (χ1v) is 7.92. The Morgan fingerprint density at radius 3 is 2.91 bits per heavy atom. The van der Waals surface area contributed by atoms with E-state index in [0.717, 1.165) is 19.3 Å². The molecule has 0 fully saturated rings. The number of pyridine rings is 1. The number of carbonyl (C=O) groups excluding carboxylic acids is 2. The van der Waals surface area contributed by atoms with Crippen LogP contribution in [0.1, 0.15) is 49.4 Å². The van der Waals surface area contributed by atoms with Crippen LogP contribution in [0.2, 0.25) is 0 Å². The van der Waals surface area contributed by atoms with Crippen LogP contribution in [-0.2, 0) is 9.53 Å². The van der Waals surface area contributed by atoms with Gasteiger partial charge in [0.2, 0.25) is 0 Å². The molecular weight excluding hydrogens is 296 g/mol. The van der Waals surface area contributed by atoms with Crippen molar-refractivity contribution in [2.24, 2.45) is 0 Å². The summed E-state index contributed by atoms with van der Waals surface area (Å²) in [5.41, 5.74) is 0.728. The molecule has 1 aliphatic carbocycles. The molecule has 1 aromatic heterocycles. The molecule has 0 saturated heterocycles. The number of hydrogen-bond acceptors (Lipinski definition) is 4. The summed E-state index contributed by atoms with van der Waals surface area (Å²) in [7, 11) is 0. The van der Waals surface area contributed by atoms with Gasteiger partial charge < -0.3 is 15.0 Å². The van der Waals surface area contributed by atoms with Gasteiger partial charge in [-0.2, -0.15) is 0 Å². The Morgan fingerprint density at radius 2 is 2.22 bits per heavy atom. The Kier molecular flexibility index (Phi) is 6.14. The van der Waals surface area contributed by atoms with E-state index in [1.165, 1.54) is 43.7 Å². The lowest BCUT2D eigenvalue weighted by Crippen LogP contribution is -2.37. The summed E-state index contributed by atoms with van der Waals surface area (Å²) in [5.74, 6) is -1.16. The van der Waals surface area contributed by atoms with Crippen molar-refractivity contribution in [1.82, 2.24) is 10.3 Å². The van der Waals surface area contributed by atoms with Crippen molar-refractivity contribution in [2.45, 2.75) is 45.1 Å². The molecule has 2 rings (SSSR count). The maximum absolute atomic E-state index is 11.9. The van der Waals surface area contributed by atoms with Gasteiger partial charge in [-0.3, -0.25) is 9.59 Å². The van der Waals surface area contributed by atoms with Gasteiger partial charge in [-0.1, -0.05) is 11.6 Å². The molecule has 1 aliphatic rings. The summed E-state index contributed by atoms with van der Waals surface area (Å²) in [4.78, 5) is 37.7. The Balaban J connectivity index is 1.78. The van der Waals surface area contributed by atoms with Crippen molar-refractivity contribution in [3.8, 4) is 0 Å². The quantitative estimate of drug-likeness (QED) is 0.619. The summed E-state index contributed by atoms with van der Waals surface area (Å²) in [6, 6.07) is 2.89. The number of rotatable bonds is 6. The molecule has 0 aromatic carbocycles. The number of carbonyl (C=O) groups is 2. The second kappa shape index (κ2) is 8.31.